The van der Waals surface area contributed by atoms with E-state index in [2.05, 4.69) is 50.8 Å². The summed E-state index contributed by atoms with van der Waals surface area (Å²) in [6.45, 7) is 12.9. The molecule has 0 bridgehead atoms. The number of hydrogen-bond acceptors (Lipinski definition) is 4. The second-order valence-corrected chi connectivity index (χ2v) is 10.8. The van der Waals surface area contributed by atoms with Gasteiger partial charge in [0, 0.05) is 63.9 Å². The summed E-state index contributed by atoms with van der Waals surface area (Å²) in [4.78, 5) is 46.3. The first-order chi connectivity index (χ1) is 17.2. The van der Waals surface area contributed by atoms with Gasteiger partial charge in [-0.15, -0.1) is 0 Å². The number of anilines is 1. The van der Waals surface area contributed by atoms with Gasteiger partial charge in [-0.25, -0.2) is 0 Å². The van der Waals surface area contributed by atoms with Crippen molar-refractivity contribution in [3.8, 4) is 0 Å². The van der Waals surface area contributed by atoms with Crippen molar-refractivity contribution in [1.82, 2.24) is 14.4 Å². The Morgan fingerprint density at radius 1 is 0.806 bits per heavy atom. The van der Waals surface area contributed by atoms with Gasteiger partial charge >= 0.3 is 0 Å². The third kappa shape index (κ3) is 5.82. The number of aryl methyl sites for hydroxylation is 2. The molecule has 2 aliphatic rings. The molecule has 0 unspecified atom stereocenters. The number of piperazine rings is 1. The van der Waals surface area contributed by atoms with Crippen molar-refractivity contribution in [2.75, 3.05) is 44.2 Å². The molecular formula is C29H40N4O3. The summed E-state index contributed by atoms with van der Waals surface area (Å²) in [7, 11) is 0. The molecule has 4 rings (SSSR count). The maximum atomic E-state index is 13.6. The van der Waals surface area contributed by atoms with Crippen LogP contribution in [0.1, 0.15) is 71.4 Å². The third-order valence-corrected chi connectivity index (χ3v) is 7.27. The fourth-order valence-corrected chi connectivity index (χ4v) is 5.39. The zero-order chi connectivity index (χ0) is 25.8. The molecule has 0 atom stereocenters. The molecule has 7 heteroatoms. The molecule has 1 aromatic carbocycles. The monoisotopic (exact) mass is 492 g/mol. The normalized spacial score (nSPS) is 16.9. The molecule has 1 aromatic heterocycles. The highest BCUT2D eigenvalue weighted by Crippen LogP contribution is 2.23. The van der Waals surface area contributed by atoms with Gasteiger partial charge in [0.2, 0.25) is 5.43 Å². The van der Waals surface area contributed by atoms with E-state index in [9.17, 15) is 14.4 Å². The van der Waals surface area contributed by atoms with Crippen molar-refractivity contribution < 1.29 is 9.59 Å². The Kier molecular flexibility index (Phi) is 8.17. The lowest BCUT2D eigenvalue weighted by Crippen LogP contribution is -2.50. The first kappa shape index (κ1) is 26.0. The van der Waals surface area contributed by atoms with E-state index < -0.39 is 5.43 Å². The largest absolute Gasteiger partial charge is 0.368 e. The molecule has 194 valence electrons. The second kappa shape index (κ2) is 11.3. The van der Waals surface area contributed by atoms with Crippen molar-refractivity contribution in [2.45, 2.75) is 59.9 Å². The number of hydrogen-bond donors (Lipinski definition) is 0. The van der Waals surface area contributed by atoms with E-state index in [4.69, 9.17) is 0 Å². The molecular weight excluding hydrogens is 452 g/mol. The topological polar surface area (TPSA) is 65.9 Å². The summed E-state index contributed by atoms with van der Waals surface area (Å²) in [5, 5.41) is 0. The lowest BCUT2D eigenvalue weighted by Gasteiger charge is -2.37. The lowest BCUT2D eigenvalue weighted by atomic mass is 10.1. The molecule has 36 heavy (non-hydrogen) atoms. The van der Waals surface area contributed by atoms with Crippen molar-refractivity contribution in [2.24, 2.45) is 5.92 Å². The van der Waals surface area contributed by atoms with E-state index in [1.807, 2.05) is 4.57 Å². The first-order valence-electron chi connectivity index (χ1n) is 13.4. The summed E-state index contributed by atoms with van der Waals surface area (Å²) in [5.74, 6) is -0.199. The van der Waals surface area contributed by atoms with Gasteiger partial charge in [0.25, 0.3) is 11.8 Å². The SMILES string of the molecule is Cc1ccc(N2CCN(C(=O)c3cn(CC(C)C)cc(C(=O)N4CCCCCC4)c3=O)CC2)c(C)c1. The predicted molar refractivity (Wildman–Crippen MR) is 144 cm³/mol. The minimum atomic E-state index is -0.439. The predicted octanol–water partition coefficient (Wildman–Crippen LogP) is 4.10. The fourth-order valence-electron chi connectivity index (χ4n) is 5.39. The van der Waals surface area contributed by atoms with E-state index in [1.54, 1.807) is 22.2 Å². The maximum absolute atomic E-state index is 13.6. The van der Waals surface area contributed by atoms with E-state index >= 15 is 0 Å². The molecule has 0 aliphatic carbocycles. The Morgan fingerprint density at radius 2 is 1.36 bits per heavy atom. The van der Waals surface area contributed by atoms with Crippen LogP contribution in [0.2, 0.25) is 0 Å². The molecule has 0 spiro atoms. The van der Waals surface area contributed by atoms with E-state index in [0.29, 0.717) is 51.7 Å². The van der Waals surface area contributed by atoms with Crippen LogP contribution in [0.5, 0.6) is 0 Å². The summed E-state index contributed by atoms with van der Waals surface area (Å²) in [5.41, 5.74) is 3.44. The molecule has 0 saturated carbocycles. The van der Waals surface area contributed by atoms with Gasteiger partial charge in [-0.05, 0) is 44.2 Å². The average molecular weight is 493 g/mol. The molecule has 2 aromatic rings. The van der Waals surface area contributed by atoms with Gasteiger partial charge in [0.15, 0.2) is 0 Å². The smallest absolute Gasteiger partial charge is 0.259 e. The molecule has 2 aliphatic heterocycles. The van der Waals surface area contributed by atoms with Crippen LogP contribution in [0.25, 0.3) is 0 Å². The van der Waals surface area contributed by atoms with Gasteiger partial charge in [0.1, 0.15) is 11.1 Å². The molecule has 7 nitrogen and oxygen atoms in total. The Bertz CT molecular complexity index is 1150. The van der Waals surface area contributed by atoms with Gasteiger partial charge in [-0.2, -0.15) is 0 Å². The third-order valence-electron chi connectivity index (χ3n) is 7.27. The summed E-state index contributed by atoms with van der Waals surface area (Å²) < 4.78 is 1.86. The minimum Gasteiger partial charge on any atom is -0.368 e. The van der Waals surface area contributed by atoms with Crippen LogP contribution in [0.3, 0.4) is 0 Å². The van der Waals surface area contributed by atoms with Crippen LogP contribution in [0.15, 0.2) is 35.4 Å². The first-order valence-corrected chi connectivity index (χ1v) is 13.4. The number of carbonyl (C=O) groups is 2. The number of benzene rings is 1. The summed E-state index contributed by atoms with van der Waals surface area (Å²) >= 11 is 0. The zero-order valence-electron chi connectivity index (χ0n) is 22.3. The Labute approximate surface area is 214 Å². The number of pyridine rings is 1. The van der Waals surface area contributed by atoms with Crippen molar-refractivity contribution in [3.05, 3.63) is 63.1 Å². The second-order valence-electron chi connectivity index (χ2n) is 10.8. The van der Waals surface area contributed by atoms with Gasteiger partial charge in [-0.3, -0.25) is 14.4 Å². The lowest BCUT2D eigenvalue weighted by molar-refractivity contribution is 0.0743. The van der Waals surface area contributed by atoms with Crippen molar-refractivity contribution >= 4 is 17.5 Å². The highest BCUT2D eigenvalue weighted by atomic mass is 16.2. The number of rotatable bonds is 5. The van der Waals surface area contributed by atoms with Crippen LogP contribution in [0.4, 0.5) is 5.69 Å². The maximum Gasteiger partial charge on any atom is 0.259 e. The summed E-state index contributed by atoms with van der Waals surface area (Å²) in [6.07, 6.45) is 7.43. The average Bonchev–Trinajstić information content (AvgIpc) is 3.14. The van der Waals surface area contributed by atoms with Gasteiger partial charge in [-0.1, -0.05) is 44.4 Å². The number of carbonyl (C=O) groups excluding carboxylic acids is 2. The standard InChI is InChI=1S/C29H40N4O3/c1-21(2)18-30-19-24(28(35)32-11-7-5-6-8-12-32)27(34)25(20-30)29(36)33-15-13-31(14-16-33)26-10-9-22(3)17-23(26)4/h9-10,17,19-21H,5-8,11-16,18H2,1-4H3. The highest BCUT2D eigenvalue weighted by Gasteiger charge is 2.28. The number of aromatic nitrogens is 1. The Morgan fingerprint density at radius 3 is 1.89 bits per heavy atom. The van der Waals surface area contributed by atoms with E-state index in [0.717, 1.165) is 25.7 Å². The zero-order valence-corrected chi connectivity index (χ0v) is 22.3. The Hall–Kier alpha value is -3.09. The molecule has 2 fully saturated rings. The minimum absolute atomic E-state index is 0.108. The molecule has 0 N–H and O–H groups in total. The van der Waals surface area contributed by atoms with E-state index in [1.165, 1.54) is 16.8 Å². The van der Waals surface area contributed by atoms with Crippen molar-refractivity contribution in [1.29, 1.82) is 0 Å². The van der Waals surface area contributed by atoms with Crippen molar-refractivity contribution in [3.63, 3.8) is 0 Å². The quantitative estimate of drug-likeness (QED) is 0.630. The van der Waals surface area contributed by atoms with Gasteiger partial charge in [0.05, 0.1) is 0 Å². The Balaban J connectivity index is 1.57. The number of amides is 2. The van der Waals surface area contributed by atoms with Crippen LogP contribution >= 0.6 is 0 Å². The van der Waals surface area contributed by atoms with Crippen LogP contribution in [-0.4, -0.2) is 65.4 Å². The number of nitrogens with zero attached hydrogens (tertiary/aromatic N) is 4. The molecule has 3 heterocycles. The molecule has 0 radical (unpaired) electrons. The van der Waals surface area contributed by atoms with Gasteiger partial charge < -0.3 is 19.3 Å². The number of likely N-dealkylation sites (tertiary alicyclic amines) is 1. The van der Waals surface area contributed by atoms with Crippen LogP contribution < -0.4 is 10.3 Å². The highest BCUT2D eigenvalue weighted by molar-refractivity contribution is 5.99. The molecule has 2 saturated heterocycles. The van der Waals surface area contributed by atoms with Crippen LogP contribution in [-0.2, 0) is 6.54 Å². The van der Waals surface area contributed by atoms with E-state index in [-0.39, 0.29) is 22.9 Å². The summed E-state index contributed by atoms with van der Waals surface area (Å²) in [6, 6.07) is 6.44. The molecule has 2 amide bonds. The van der Waals surface area contributed by atoms with Crippen LogP contribution in [0, 0.1) is 19.8 Å². The fraction of sp³-hybridized carbons (Fsp3) is 0.552.